The van der Waals surface area contributed by atoms with Crippen LogP contribution in [0, 0.1) is 0 Å². The first-order chi connectivity index (χ1) is 14.0. The van der Waals surface area contributed by atoms with Crippen molar-refractivity contribution in [2.75, 3.05) is 17.7 Å². The van der Waals surface area contributed by atoms with E-state index in [0.29, 0.717) is 17.9 Å². The molecule has 2 amide bonds. The van der Waals surface area contributed by atoms with Gasteiger partial charge in [-0.1, -0.05) is 42.5 Å². The first kappa shape index (κ1) is 19.5. The number of ether oxygens (including phenoxy) is 1. The van der Waals surface area contributed by atoms with Gasteiger partial charge in [0.2, 0.25) is 5.91 Å². The summed E-state index contributed by atoms with van der Waals surface area (Å²) in [6, 6.07) is 16.8. The van der Waals surface area contributed by atoms with Crippen molar-refractivity contribution in [2.45, 2.75) is 30.7 Å². The molecule has 2 fully saturated rings. The molecular weight excluding hydrogens is 388 g/mol. The summed E-state index contributed by atoms with van der Waals surface area (Å²) in [6.07, 6.45) is 1.19. The number of thioether (sulfide) groups is 1. The topological polar surface area (TPSA) is 75.7 Å². The van der Waals surface area contributed by atoms with Gasteiger partial charge in [-0.2, -0.15) is 0 Å². The molecule has 2 saturated heterocycles. The van der Waals surface area contributed by atoms with Crippen LogP contribution in [0.4, 0.5) is 5.69 Å². The quantitative estimate of drug-likeness (QED) is 0.766. The maximum atomic E-state index is 12.4. The average molecular weight is 410 g/mol. The van der Waals surface area contributed by atoms with E-state index in [1.807, 2.05) is 61.5 Å². The number of esters is 1. The molecule has 2 aromatic carbocycles. The van der Waals surface area contributed by atoms with Gasteiger partial charge in [-0.25, -0.2) is 4.79 Å². The van der Waals surface area contributed by atoms with E-state index in [0.717, 1.165) is 17.5 Å². The van der Waals surface area contributed by atoms with Gasteiger partial charge in [-0.05, 0) is 36.6 Å². The summed E-state index contributed by atoms with van der Waals surface area (Å²) in [5.41, 5.74) is 2.77. The van der Waals surface area contributed by atoms with Gasteiger partial charge in [0, 0.05) is 17.9 Å². The molecule has 7 heteroatoms. The zero-order valence-corrected chi connectivity index (χ0v) is 16.9. The highest BCUT2D eigenvalue weighted by Gasteiger charge is 2.53. The molecular formula is C22H22N2O4S. The van der Waals surface area contributed by atoms with Crippen molar-refractivity contribution < 1.29 is 19.1 Å². The Morgan fingerprint density at radius 2 is 1.83 bits per heavy atom. The number of rotatable bonds is 5. The molecule has 150 valence electrons. The highest BCUT2D eigenvalue weighted by molar-refractivity contribution is 8.01. The van der Waals surface area contributed by atoms with Gasteiger partial charge in [-0.15, -0.1) is 11.8 Å². The molecule has 6 nitrogen and oxygen atoms in total. The highest BCUT2D eigenvalue weighted by Crippen LogP contribution is 2.47. The highest BCUT2D eigenvalue weighted by atomic mass is 32.2. The van der Waals surface area contributed by atoms with Crippen molar-refractivity contribution in [1.82, 2.24) is 4.90 Å². The summed E-state index contributed by atoms with van der Waals surface area (Å²) in [7, 11) is 0. The number of fused-ring (bicyclic) bond motifs is 1. The molecule has 0 aliphatic carbocycles. The van der Waals surface area contributed by atoms with Crippen LogP contribution < -0.4 is 5.32 Å². The third-order valence-corrected chi connectivity index (χ3v) is 6.84. The molecule has 2 heterocycles. The fraction of sp³-hybridized carbons (Fsp3) is 0.318. The second-order valence-electron chi connectivity index (χ2n) is 7.36. The van der Waals surface area contributed by atoms with Crippen LogP contribution in [0.2, 0.25) is 0 Å². The molecule has 2 atom stereocenters. The molecule has 0 radical (unpaired) electrons. The number of benzene rings is 2. The van der Waals surface area contributed by atoms with Gasteiger partial charge in [0.1, 0.15) is 6.04 Å². The van der Waals surface area contributed by atoms with Gasteiger partial charge >= 0.3 is 5.97 Å². The Hall–Kier alpha value is -2.80. The van der Waals surface area contributed by atoms with E-state index in [1.54, 1.807) is 16.7 Å². The molecule has 0 unspecified atom stereocenters. The average Bonchev–Trinajstić information content (AvgIpc) is 3.23. The number of hydrogen-bond acceptors (Lipinski definition) is 5. The number of hydrogen-bond donors (Lipinski definition) is 1. The molecule has 29 heavy (non-hydrogen) atoms. The van der Waals surface area contributed by atoms with Crippen LogP contribution in [0.3, 0.4) is 0 Å². The lowest BCUT2D eigenvalue weighted by Crippen LogP contribution is -2.47. The minimum absolute atomic E-state index is 0.0255. The number of anilines is 1. The van der Waals surface area contributed by atoms with Gasteiger partial charge in [0.05, 0.1) is 4.87 Å². The number of amides is 2. The first-order valence-corrected chi connectivity index (χ1v) is 10.5. The van der Waals surface area contributed by atoms with Crippen LogP contribution in [0.5, 0.6) is 0 Å². The number of nitrogens with zero attached hydrogens (tertiary/aromatic N) is 1. The second kappa shape index (κ2) is 7.91. The van der Waals surface area contributed by atoms with Crippen molar-refractivity contribution in [2.24, 2.45) is 0 Å². The Morgan fingerprint density at radius 1 is 1.14 bits per heavy atom. The molecule has 2 aromatic rings. The van der Waals surface area contributed by atoms with Crippen LogP contribution in [0.25, 0.3) is 11.1 Å². The molecule has 2 aliphatic rings. The molecule has 4 rings (SSSR count). The normalized spacial score (nSPS) is 23.0. The van der Waals surface area contributed by atoms with E-state index < -0.39 is 17.9 Å². The zero-order chi connectivity index (χ0) is 20.4. The van der Waals surface area contributed by atoms with Crippen molar-refractivity contribution >= 4 is 35.2 Å². The van der Waals surface area contributed by atoms with Crippen LogP contribution in [-0.4, -0.2) is 46.0 Å². The fourth-order valence-electron chi connectivity index (χ4n) is 3.80. The molecule has 0 bridgehead atoms. The van der Waals surface area contributed by atoms with Crippen molar-refractivity contribution in [1.29, 1.82) is 0 Å². The number of carbonyl (C=O) groups is 3. The Balaban J connectivity index is 1.30. The molecule has 2 aliphatic heterocycles. The second-order valence-corrected chi connectivity index (χ2v) is 8.87. The minimum Gasteiger partial charge on any atom is -0.454 e. The van der Waals surface area contributed by atoms with E-state index in [-0.39, 0.29) is 17.4 Å². The van der Waals surface area contributed by atoms with E-state index in [9.17, 15) is 14.4 Å². The first-order valence-electron chi connectivity index (χ1n) is 9.54. The number of nitrogens with one attached hydrogen (secondary N) is 1. The van der Waals surface area contributed by atoms with E-state index in [1.165, 1.54) is 0 Å². The smallest absolute Gasteiger partial charge is 0.330 e. The summed E-state index contributed by atoms with van der Waals surface area (Å²) in [4.78, 5) is 38.0. The predicted octanol–water partition coefficient (Wildman–Crippen LogP) is 3.29. The van der Waals surface area contributed by atoms with Crippen molar-refractivity contribution in [3.8, 4) is 11.1 Å². The Bertz CT molecular complexity index is 932. The maximum Gasteiger partial charge on any atom is 0.330 e. The predicted molar refractivity (Wildman–Crippen MR) is 112 cm³/mol. The maximum absolute atomic E-state index is 12.4. The van der Waals surface area contributed by atoms with E-state index in [4.69, 9.17) is 4.74 Å². The van der Waals surface area contributed by atoms with E-state index in [2.05, 4.69) is 5.32 Å². The van der Waals surface area contributed by atoms with Crippen molar-refractivity contribution in [3.05, 3.63) is 54.6 Å². The molecule has 1 N–H and O–H groups in total. The van der Waals surface area contributed by atoms with E-state index >= 15 is 0 Å². The zero-order valence-electron chi connectivity index (χ0n) is 16.1. The summed E-state index contributed by atoms with van der Waals surface area (Å²) in [5, 5.41) is 2.73. The van der Waals surface area contributed by atoms with Gasteiger partial charge in [-0.3, -0.25) is 9.59 Å². The number of carbonyl (C=O) groups excluding carboxylic acids is 3. The largest absolute Gasteiger partial charge is 0.454 e. The lowest BCUT2D eigenvalue weighted by molar-refractivity contribution is -0.155. The molecule has 0 saturated carbocycles. The third-order valence-electron chi connectivity index (χ3n) is 5.34. The van der Waals surface area contributed by atoms with Crippen LogP contribution in [0.1, 0.15) is 19.8 Å². The van der Waals surface area contributed by atoms with Gasteiger partial charge in [0.25, 0.3) is 5.91 Å². The van der Waals surface area contributed by atoms with Crippen LogP contribution in [-0.2, 0) is 19.1 Å². The molecule has 0 spiro atoms. The minimum atomic E-state index is -0.613. The van der Waals surface area contributed by atoms with Gasteiger partial charge < -0.3 is 15.0 Å². The summed E-state index contributed by atoms with van der Waals surface area (Å²) >= 11 is 1.60. The summed E-state index contributed by atoms with van der Waals surface area (Å²) in [5.74, 6) is -0.454. The Kier molecular flexibility index (Phi) is 5.32. The lowest BCUT2D eigenvalue weighted by Gasteiger charge is -2.29. The third kappa shape index (κ3) is 4.00. The Labute approximate surface area is 173 Å². The summed E-state index contributed by atoms with van der Waals surface area (Å²) < 4.78 is 5.20. The van der Waals surface area contributed by atoms with Gasteiger partial charge in [0.15, 0.2) is 6.61 Å². The fourth-order valence-corrected chi connectivity index (χ4v) is 5.22. The van der Waals surface area contributed by atoms with Crippen molar-refractivity contribution in [3.63, 3.8) is 0 Å². The monoisotopic (exact) mass is 410 g/mol. The molecule has 0 aromatic heterocycles. The summed E-state index contributed by atoms with van der Waals surface area (Å²) in [6.45, 7) is 1.60. The standard InChI is InChI=1S/C22H22N2O4S/c1-22-12-11-20(26)24(22)18(14-29-22)21(27)28-13-19(25)23-17-9-7-16(8-10-17)15-5-3-2-4-6-15/h2-10,18H,11-14H2,1H3,(H,23,25)/t18-,22+/m0/s1. The van der Waals surface area contributed by atoms with Crippen LogP contribution in [0.15, 0.2) is 54.6 Å². The Morgan fingerprint density at radius 3 is 2.55 bits per heavy atom. The van der Waals surface area contributed by atoms with Crippen LogP contribution >= 0.6 is 11.8 Å². The SMILES string of the molecule is C[C@@]12CCC(=O)N1[C@H](C(=O)OCC(=O)Nc1ccc(-c3ccccc3)cc1)CS2. The lowest BCUT2D eigenvalue weighted by atomic mass is 10.1.